The van der Waals surface area contributed by atoms with Crippen LogP contribution >= 0.6 is 11.6 Å². The molecule has 62 valence electrons. The summed E-state index contributed by atoms with van der Waals surface area (Å²) in [6, 6.07) is 0. The van der Waals surface area contributed by atoms with Crippen LogP contribution in [0.25, 0.3) is 0 Å². The fourth-order valence-corrected chi connectivity index (χ4v) is 1.25. The van der Waals surface area contributed by atoms with Crippen molar-refractivity contribution in [1.82, 2.24) is 0 Å². The van der Waals surface area contributed by atoms with Crippen LogP contribution in [0.3, 0.4) is 0 Å². The molecule has 2 atom stereocenters. The molecule has 0 aromatic heterocycles. The highest BCUT2D eigenvalue weighted by Gasteiger charge is 2.25. The SMILES string of the molecule is CC1C(=C=O)C=NC(Cl)C1=C=O. The van der Waals surface area contributed by atoms with Crippen molar-refractivity contribution in [3.63, 3.8) is 0 Å². The van der Waals surface area contributed by atoms with Gasteiger partial charge in [0, 0.05) is 12.1 Å². The predicted molar refractivity (Wildman–Crippen MR) is 45.7 cm³/mol. The van der Waals surface area contributed by atoms with E-state index in [4.69, 9.17) is 11.6 Å². The normalized spacial score (nSPS) is 28.2. The number of rotatable bonds is 0. The molecule has 0 fully saturated rings. The number of nitrogens with zero attached hydrogens (tertiary/aromatic N) is 1. The van der Waals surface area contributed by atoms with Gasteiger partial charge in [0.05, 0.1) is 11.1 Å². The van der Waals surface area contributed by atoms with Gasteiger partial charge in [0.2, 0.25) is 0 Å². The van der Waals surface area contributed by atoms with Crippen LogP contribution in [0.15, 0.2) is 16.1 Å². The van der Waals surface area contributed by atoms with Gasteiger partial charge in [-0.2, -0.15) is 0 Å². The monoisotopic (exact) mass is 183 g/mol. The second kappa shape index (κ2) is 3.51. The van der Waals surface area contributed by atoms with Crippen LogP contribution in [0.5, 0.6) is 0 Å². The Morgan fingerprint density at radius 2 is 2.17 bits per heavy atom. The lowest BCUT2D eigenvalue weighted by atomic mass is 9.93. The number of aliphatic imine (C=N–C) groups is 1. The van der Waals surface area contributed by atoms with Crippen LogP contribution in [0.1, 0.15) is 6.92 Å². The van der Waals surface area contributed by atoms with Crippen molar-refractivity contribution in [2.45, 2.75) is 12.4 Å². The van der Waals surface area contributed by atoms with Gasteiger partial charge >= 0.3 is 0 Å². The van der Waals surface area contributed by atoms with Gasteiger partial charge in [0.1, 0.15) is 11.9 Å². The number of halogens is 1. The van der Waals surface area contributed by atoms with Crippen molar-refractivity contribution in [3.05, 3.63) is 11.1 Å². The Hall–Kier alpha value is -1.14. The molecule has 1 heterocycles. The summed E-state index contributed by atoms with van der Waals surface area (Å²) in [5.41, 5.74) is -0.0580. The molecule has 0 amide bonds. The number of allylic oxidation sites excluding steroid dienone is 1. The molecule has 1 aliphatic rings. The molecule has 2 unspecified atom stereocenters. The van der Waals surface area contributed by atoms with Crippen molar-refractivity contribution in [1.29, 1.82) is 0 Å². The first-order valence-corrected chi connectivity index (χ1v) is 3.81. The molecule has 0 radical (unpaired) electrons. The maximum atomic E-state index is 10.4. The summed E-state index contributed by atoms with van der Waals surface area (Å²) in [5.74, 6) is 3.07. The molecule has 3 nitrogen and oxygen atoms in total. The zero-order chi connectivity index (χ0) is 9.14. The van der Waals surface area contributed by atoms with E-state index in [0.29, 0.717) is 5.57 Å². The molecule has 1 aliphatic heterocycles. The fraction of sp³-hybridized carbons (Fsp3) is 0.375. The summed E-state index contributed by atoms with van der Waals surface area (Å²) in [5, 5.41) is 0. The van der Waals surface area contributed by atoms with Gasteiger partial charge in [-0.3, -0.25) is 4.99 Å². The van der Waals surface area contributed by atoms with E-state index in [2.05, 4.69) is 4.99 Å². The summed E-state index contributed by atoms with van der Waals surface area (Å²) in [4.78, 5) is 24.4. The van der Waals surface area contributed by atoms with Crippen molar-refractivity contribution in [2.24, 2.45) is 10.9 Å². The lowest BCUT2D eigenvalue weighted by Gasteiger charge is -2.17. The molecule has 12 heavy (non-hydrogen) atoms. The second-order valence-corrected chi connectivity index (χ2v) is 2.86. The Balaban J connectivity index is 3.18. The summed E-state index contributed by atoms with van der Waals surface area (Å²) >= 11 is 5.66. The first-order valence-electron chi connectivity index (χ1n) is 3.37. The zero-order valence-corrected chi connectivity index (χ0v) is 7.13. The third-order valence-corrected chi connectivity index (χ3v) is 2.12. The highest BCUT2D eigenvalue weighted by molar-refractivity contribution is 6.24. The molecule has 0 spiro atoms. The van der Waals surface area contributed by atoms with Gasteiger partial charge in [-0.1, -0.05) is 18.5 Å². The average Bonchev–Trinajstić information content (AvgIpc) is 2.06. The molecule has 0 saturated heterocycles. The van der Waals surface area contributed by atoms with Gasteiger partial charge < -0.3 is 0 Å². The highest BCUT2D eigenvalue weighted by atomic mass is 35.5. The van der Waals surface area contributed by atoms with E-state index in [1.807, 2.05) is 0 Å². The Bertz CT molecular complexity index is 322. The molecule has 0 saturated carbocycles. The van der Waals surface area contributed by atoms with Gasteiger partial charge in [-0.05, 0) is 0 Å². The predicted octanol–water partition coefficient (Wildman–Crippen LogP) is 0.788. The molecular formula is C8H6ClNO2. The Kier molecular flexibility index (Phi) is 2.61. The van der Waals surface area contributed by atoms with Gasteiger partial charge in [-0.15, -0.1) is 0 Å². The van der Waals surface area contributed by atoms with Gasteiger partial charge in [-0.25, -0.2) is 9.59 Å². The molecular weight excluding hydrogens is 178 g/mol. The third-order valence-electron chi connectivity index (χ3n) is 1.77. The van der Waals surface area contributed by atoms with Crippen LogP contribution in [0.2, 0.25) is 0 Å². The highest BCUT2D eigenvalue weighted by Crippen LogP contribution is 2.26. The molecule has 0 aromatic carbocycles. The summed E-state index contributed by atoms with van der Waals surface area (Å²) in [6.45, 7) is 1.70. The van der Waals surface area contributed by atoms with Crippen molar-refractivity contribution in [3.8, 4) is 0 Å². The van der Waals surface area contributed by atoms with E-state index in [-0.39, 0.29) is 11.5 Å². The second-order valence-electron chi connectivity index (χ2n) is 2.45. The molecule has 0 N–H and O–H groups in total. The Labute approximate surface area is 74.4 Å². The van der Waals surface area contributed by atoms with Gasteiger partial charge in [0.15, 0.2) is 5.50 Å². The van der Waals surface area contributed by atoms with Crippen molar-refractivity contribution in [2.75, 3.05) is 0 Å². The van der Waals surface area contributed by atoms with Crippen LogP contribution in [-0.4, -0.2) is 23.6 Å². The summed E-state index contributed by atoms with van der Waals surface area (Å²) in [7, 11) is 0. The lowest BCUT2D eigenvalue weighted by molar-refractivity contribution is 0.559. The molecule has 0 aromatic rings. The van der Waals surface area contributed by atoms with E-state index < -0.39 is 5.50 Å². The first kappa shape index (κ1) is 8.95. The summed E-state index contributed by atoms with van der Waals surface area (Å²) < 4.78 is 0. The lowest BCUT2D eigenvalue weighted by Crippen LogP contribution is -2.18. The fourth-order valence-electron chi connectivity index (χ4n) is 0.963. The van der Waals surface area contributed by atoms with E-state index in [1.165, 1.54) is 6.21 Å². The topological polar surface area (TPSA) is 46.5 Å². The largest absolute Gasteiger partial charge is 0.267 e. The van der Waals surface area contributed by atoms with Gasteiger partial charge in [0.25, 0.3) is 0 Å². The minimum absolute atomic E-state index is 0.289. The number of hydrogen-bond donors (Lipinski definition) is 0. The van der Waals surface area contributed by atoms with Crippen LogP contribution in [0, 0.1) is 5.92 Å². The zero-order valence-electron chi connectivity index (χ0n) is 6.37. The number of carbonyl (C=O) groups excluding carboxylic acids is 2. The molecule has 1 rings (SSSR count). The molecule has 4 heteroatoms. The average molecular weight is 184 g/mol. The van der Waals surface area contributed by atoms with Crippen LogP contribution in [-0.2, 0) is 9.59 Å². The van der Waals surface area contributed by atoms with E-state index in [9.17, 15) is 9.59 Å². The summed E-state index contributed by atoms with van der Waals surface area (Å²) in [6.07, 6.45) is 1.34. The third kappa shape index (κ3) is 1.39. The quantitative estimate of drug-likeness (QED) is 0.317. The smallest absolute Gasteiger partial charge is 0.155 e. The Morgan fingerprint density at radius 3 is 2.67 bits per heavy atom. The van der Waals surface area contributed by atoms with Crippen LogP contribution < -0.4 is 0 Å². The minimum atomic E-state index is -0.686. The van der Waals surface area contributed by atoms with Crippen LogP contribution in [0.4, 0.5) is 0 Å². The van der Waals surface area contributed by atoms with Crippen molar-refractivity contribution < 1.29 is 9.59 Å². The minimum Gasteiger partial charge on any atom is -0.267 e. The van der Waals surface area contributed by atoms with E-state index >= 15 is 0 Å². The number of hydrogen-bond acceptors (Lipinski definition) is 3. The van der Waals surface area contributed by atoms with E-state index in [1.54, 1.807) is 18.8 Å². The van der Waals surface area contributed by atoms with E-state index in [0.717, 1.165) is 0 Å². The number of alkyl halides is 1. The maximum absolute atomic E-state index is 10.4. The van der Waals surface area contributed by atoms with Crippen molar-refractivity contribution >= 4 is 29.7 Å². The maximum Gasteiger partial charge on any atom is 0.155 e. The first-order chi connectivity index (χ1) is 5.70. The Morgan fingerprint density at radius 1 is 1.50 bits per heavy atom. The standard InChI is InChI=1S/C8H6ClNO2/c1-5-6(3-11)2-10-8(9)7(5)4-12/h2,5,8H,1H3. The molecule has 0 bridgehead atoms. The molecule has 0 aliphatic carbocycles.